The predicted molar refractivity (Wildman–Crippen MR) is 43.0 cm³/mol. The van der Waals surface area contributed by atoms with E-state index in [0.29, 0.717) is 5.65 Å². The molecule has 0 unspecified atom stereocenters. The third-order valence-electron chi connectivity index (χ3n) is 1.10. The summed E-state index contributed by atoms with van der Waals surface area (Å²) in [5, 5.41) is 0. The number of nitrogens with one attached hydrogen (secondary N) is 1. The summed E-state index contributed by atoms with van der Waals surface area (Å²) >= 11 is 0. The Morgan fingerprint density at radius 2 is 2.09 bits per heavy atom. The second-order valence-corrected chi connectivity index (χ2v) is 1.66. The van der Waals surface area contributed by atoms with Crippen molar-refractivity contribution < 1.29 is 29.6 Å². The topological polar surface area (TPSA) is 54.5 Å². The van der Waals surface area contributed by atoms with Gasteiger partial charge in [0.25, 0.3) is 0 Å². The number of aromatic nitrogens is 4. The van der Waals surface area contributed by atoms with Crippen LogP contribution in [0.15, 0.2) is 18.9 Å². The Kier molecular flexibility index (Phi) is 4.33. The number of hydrogen-bond acceptors (Lipinski definition) is 3. The van der Waals surface area contributed by atoms with Crippen molar-refractivity contribution in [3.63, 3.8) is 0 Å². The van der Waals surface area contributed by atoms with Gasteiger partial charge in [-0.1, -0.05) is 8.41 Å². The minimum absolute atomic E-state index is 0. The van der Waals surface area contributed by atoms with E-state index in [4.69, 9.17) is 0 Å². The average molecular weight is 158 g/mol. The molecule has 0 amide bonds. The number of fused-ring (bicyclic) bond motifs is 1. The Bertz CT molecular complexity index is 292. The molecular weight excluding hydrogens is 150 g/mol. The summed E-state index contributed by atoms with van der Waals surface area (Å²) in [5.41, 5.74) is 1.59. The van der Waals surface area contributed by atoms with E-state index in [2.05, 4.69) is 19.9 Å². The van der Waals surface area contributed by atoms with Crippen molar-refractivity contribution in [2.24, 2.45) is 0 Å². The van der Waals surface area contributed by atoms with E-state index in [-0.39, 0.29) is 38.0 Å². The largest absolute Gasteiger partial charge is 1.00 e. The molecule has 2 aromatic heterocycles. The van der Waals surface area contributed by atoms with Crippen LogP contribution < -0.4 is 29.6 Å². The van der Waals surface area contributed by atoms with Crippen LogP contribution in [-0.4, -0.2) is 28.3 Å². The van der Waals surface area contributed by atoms with E-state index in [1.807, 2.05) is 0 Å². The number of H-pyrrole nitrogens is 1. The van der Waals surface area contributed by atoms with Crippen LogP contribution in [-0.2, 0) is 0 Å². The molecule has 11 heavy (non-hydrogen) atoms. The van der Waals surface area contributed by atoms with Gasteiger partial charge < -0.3 is 4.98 Å². The molecule has 0 saturated heterocycles. The molecule has 6 heteroatoms. The van der Waals surface area contributed by atoms with Gasteiger partial charge >= 0.3 is 29.6 Å². The van der Waals surface area contributed by atoms with E-state index >= 15 is 0 Å². The van der Waals surface area contributed by atoms with E-state index in [1.165, 1.54) is 6.33 Å². The van der Waals surface area contributed by atoms with Gasteiger partial charge in [-0.25, -0.2) is 15.0 Å². The standard InChI is InChI=1S/C5H4N4.BH4.Na/c1-4-5(8-2-6-1)9-3-7-4;;/h1-3H,(H,6,7,8,9);1H4;/q;-1;+1. The number of imidazole rings is 1. The molecule has 1 N–H and O–H groups in total. The maximum Gasteiger partial charge on any atom is 1.00 e. The molecule has 0 aliphatic heterocycles. The Morgan fingerprint density at radius 3 is 2.82 bits per heavy atom. The molecule has 4 nitrogen and oxygen atoms in total. The molecule has 52 valence electrons. The fraction of sp³-hybridized carbons (Fsp3) is 0. The van der Waals surface area contributed by atoms with Gasteiger partial charge in [-0.05, 0) is 0 Å². The van der Waals surface area contributed by atoms with Crippen molar-refractivity contribution in [3.8, 4) is 0 Å². The molecule has 2 heterocycles. The summed E-state index contributed by atoms with van der Waals surface area (Å²) in [4.78, 5) is 14.5. The van der Waals surface area contributed by atoms with Gasteiger partial charge in [0.1, 0.15) is 11.8 Å². The monoisotopic (exact) mass is 158 g/mol. The zero-order valence-corrected chi connectivity index (χ0v) is 7.57. The van der Waals surface area contributed by atoms with Crippen molar-refractivity contribution in [3.05, 3.63) is 18.9 Å². The summed E-state index contributed by atoms with van der Waals surface area (Å²) in [6.07, 6.45) is 4.76. The van der Waals surface area contributed by atoms with Crippen LogP contribution in [0.2, 0.25) is 0 Å². The minimum Gasteiger partial charge on any atom is -0.342 e. The van der Waals surface area contributed by atoms with E-state index in [1.54, 1.807) is 12.5 Å². The maximum atomic E-state index is 3.91. The summed E-state index contributed by atoms with van der Waals surface area (Å²) in [6.45, 7) is 0. The third-order valence-corrected chi connectivity index (χ3v) is 1.10. The second-order valence-electron chi connectivity index (χ2n) is 1.66. The summed E-state index contributed by atoms with van der Waals surface area (Å²) in [7, 11) is 0. The van der Waals surface area contributed by atoms with Crippen LogP contribution >= 0.6 is 0 Å². The molecule has 0 atom stereocenters. The van der Waals surface area contributed by atoms with Gasteiger partial charge in [0.15, 0.2) is 5.65 Å². The molecule has 0 aliphatic rings. The Balaban J connectivity index is 0.000000500. The van der Waals surface area contributed by atoms with E-state index in [9.17, 15) is 0 Å². The summed E-state index contributed by atoms with van der Waals surface area (Å²) in [6, 6.07) is 0. The third kappa shape index (κ3) is 2.02. The molecule has 0 saturated carbocycles. The van der Waals surface area contributed by atoms with Gasteiger partial charge in [0.2, 0.25) is 0 Å². The van der Waals surface area contributed by atoms with Gasteiger partial charge in [-0.15, -0.1) is 0 Å². The Morgan fingerprint density at radius 1 is 1.27 bits per heavy atom. The summed E-state index contributed by atoms with van der Waals surface area (Å²) < 4.78 is 0. The second kappa shape index (κ2) is 4.48. The first-order chi connectivity index (χ1) is 4.47. The zero-order valence-electron chi connectivity index (χ0n) is 5.57. The molecule has 0 aromatic carbocycles. The average Bonchev–Trinajstić information content (AvgIpc) is 2.33. The van der Waals surface area contributed by atoms with Crippen LogP contribution in [0.25, 0.3) is 11.2 Å². The molecule has 0 spiro atoms. The molecule has 2 rings (SSSR count). The normalized spacial score (nSPS) is 8.36. The Hall–Kier alpha value is -0.385. The van der Waals surface area contributed by atoms with Crippen molar-refractivity contribution >= 4 is 19.6 Å². The fourth-order valence-corrected chi connectivity index (χ4v) is 0.691. The first-order valence-corrected chi connectivity index (χ1v) is 2.56. The smallest absolute Gasteiger partial charge is 0.342 e. The predicted octanol–water partition coefficient (Wildman–Crippen LogP) is -4.09. The quantitative estimate of drug-likeness (QED) is 0.396. The first-order valence-electron chi connectivity index (χ1n) is 2.56. The SMILES string of the molecule is [BH4-].[Na+].c1ncc2[nH]cnc2n1. The molecule has 0 radical (unpaired) electrons. The number of rotatable bonds is 0. The van der Waals surface area contributed by atoms with E-state index in [0.717, 1.165) is 5.52 Å². The van der Waals surface area contributed by atoms with Gasteiger partial charge in [0, 0.05) is 0 Å². The Labute approximate surface area is 87.7 Å². The molecule has 2 aromatic rings. The van der Waals surface area contributed by atoms with Gasteiger partial charge in [-0.2, -0.15) is 0 Å². The fourth-order valence-electron chi connectivity index (χ4n) is 0.691. The van der Waals surface area contributed by atoms with Crippen LogP contribution in [0.1, 0.15) is 0 Å². The first kappa shape index (κ1) is 10.6. The molecule has 0 fully saturated rings. The number of hydrogen-bond donors (Lipinski definition) is 1. The molecule has 0 aliphatic carbocycles. The van der Waals surface area contributed by atoms with Crippen LogP contribution in [0.5, 0.6) is 0 Å². The van der Waals surface area contributed by atoms with E-state index < -0.39 is 0 Å². The number of aromatic amines is 1. The van der Waals surface area contributed by atoms with Crippen molar-refractivity contribution in [2.75, 3.05) is 0 Å². The molecular formula is C5H8BN4Na. The van der Waals surface area contributed by atoms with Crippen LogP contribution in [0, 0.1) is 0 Å². The van der Waals surface area contributed by atoms with Gasteiger partial charge in [0.05, 0.1) is 12.5 Å². The minimum atomic E-state index is 0. The van der Waals surface area contributed by atoms with Crippen molar-refractivity contribution in [1.29, 1.82) is 0 Å². The zero-order chi connectivity index (χ0) is 6.10. The van der Waals surface area contributed by atoms with Crippen LogP contribution in [0.3, 0.4) is 0 Å². The summed E-state index contributed by atoms with van der Waals surface area (Å²) in [5.74, 6) is 0. The molecule has 0 bridgehead atoms. The van der Waals surface area contributed by atoms with Crippen molar-refractivity contribution in [1.82, 2.24) is 19.9 Å². The van der Waals surface area contributed by atoms with Crippen LogP contribution in [0.4, 0.5) is 0 Å². The van der Waals surface area contributed by atoms with Crippen molar-refractivity contribution in [2.45, 2.75) is 0 Å². The number of nitrogens with zero attached hydrogens (tertiary/aromatic N) is 3. The maximum absolute atomic E-state index is 3.91. The van der Waals surface area contributed by atoms with Gasteiger partial charge in [-0.3, -0.25) is 0 Å².